The summed E-state index contributed by atoms with van der Waals surface area (Å²) in [7, 11) is 0. The molecule has 0 spiro atoms. The number of ketones is 1. The van der Waals surface area contributed by atoms with E-state index in [2.05, 4.69) is 33.4 Å². The summed E-state index contributed by atoms with van der Waals surface area (Å²) in [5.74, 6) is -0.796. The van der Waals surface area contributed by atoms with Gasteiger partial charge < -0.3 is 4.90 Å². The highest BCUT2D eigenvalue weighted by atomic mass is 79.9. The number of nitrogens with one attached hydrogen (secondary N) is 1. The van der Waals surface area contributed by atoms with E-state index in [0.29, 0.717) is 18.3 Å². The lowest BCUT2D eigenvalue weighted by molar-refractivity contribution is -0.916. The van der Waals surface area contributed by atoms with Crippen molar-refractivity contribution >= 4 is 44.6 Å². The standard InChI is InChI=1S/C17H15BrN2O2S/c18-11-5-6-13-12(9-11)16(21)17(22)20(13)10-19-7-1-3-14(19)15-4-2-8-23-15/h2,4-6,8-9,14H,1,3,7,10H2/p+1/t14-/m0/s1. The molecule has 6 heteroatoms. The van der Waals surface area contributed by atoms with Crippen LogP contribution in [0.1, 0.15) is 34.1 Å². The number of benzene rings is 1. The largest absolute Gasteiger partial charge is 0.311 e. The van der Waals surface area contributed by atoms with Gasteiger partial charge in [-0.05, 0) is 29.6 Å². The van der Waals surface area contributed by atoms with E-state index in [-0.39, 0.29) is 0 Å². The van der Waals surface area contributed by atoms with E-state index < -0.39 is 11.7 Å². The molecule has 23 heavy (non-hydrogen) atoms. The fourth-order valence-corrected chi connectivity index (χ4v) is 4.85. The third kappa shape index (κ3) is 2.55. The van der Waals surface area contributed by atoms with Gasteiger partial charge in [0, 0.05) is 17.3 Å². The van der Waals surface area contributed by atoms with Crippen LogP contribution in [0, 0.1) is 0 Å². The normalized spacial score (nSPS) is 23.6. The van der Waals surface area contributed by atoms with Gasteiger partial charge in [0.25, 0.3) is 5.78 Å². The van der Waals surface area contributed by atoms with E-state index in [4.69, 9.17) is 0 Å². The maximum atomic E-state index is 12.4. The Bertz CT molecular complexity index is 775. The van der Waals surface area contributed by atoms with Gasteiger partial charge in [0.1, 0.15) is 6.04 Å². The molecule has 0 saturated carbocycles. The van der Waals surface area contributed by atoms with Crippen LogP contribution in [0.25, 0.3) is 0 Å². The van der Waals surface area contributed by atoms with Gasteiger partial charge in [-0.15, -0.1) is 11.3 Å². The number of likely N-dealkylation sites (tertiary alicyclic amines) is 1. The number of halogens is 1. The molecular formula is C17H16BrN2O2S+. The minimum atomic E-state index is -0.401. The van der Waals surface area contributed by atoms with Crippen molar-refractivity contribution < 1.29 is 14.5 Å². The van der Waals surface area contributed by atoms with E-state index in [9.17, 15) is 9.59 Å². The predicted molar refractivity (Wildman–Crippen MR) is 92.9 cm³/mol. The summed E-state index contributed by atoms with van der Waals surface area (Å²) >= 11 is 5.14. The zero-order chi connectivity index (χ0) is 16.0. The molecule has 1 N–H and O–H groups in total. The second-order valence-electron chi connectivity index (χ2n) is 6.00. The average molecular weight is 392 g/mol. The monoisotopic (exact) mass is 391 g/mol. The molecule has 3 heterocycles. The van der Waals surface area contributed by atoms with Gasteiger partial charge in [-0.3, -0.25) is 14.5 Å². The summed E-state index contributed by atoms with van der Waals surface area (Å²) < 4.78 is 0.823. The highest BCUT2D eigenvalue weighted by molar-refractivity contribution is 9.10. The Morgan fingerprint density at radius 1 is 1.30 bits per heavy atom. The number of amides is 1. The number of anilines is 1. The molecule has 0 aliphatic carbocycles. The zero-order valence-electron chi connectivity index (χ0n) is 12.4. The Hall–Kier alpha value is -1.50. The zero-order valence-corrected chi connectivity index (χ0v) is 14.8. The van der Waals surface area contributed by atoms with Crippen molar-refractivity contribution in [1.82, 2.24) is 0 Å². The summed E-state index contributed by atoms with van der Waals surface area (Å²) in [5, 5.41) is 2.10. The van der Waals surface area contributed by atoms with Crippen LogP contribution in [-0.2, 0) is 4.79 Å². The number of fused-ring (bicyclic) bond motifs is 1. The lowest BCUT2D eigenvalue weighted by Gasteiger charge is -2.26. The van der Waals surface area contributed by atoms with Gasteiger partial charge in [0.2, 0.25) is 0 Å². The Balaban J connectivity index is 1.62. The van der Waals surface area contributed by atoms with Crippen LogP contribution in [0.4, 0.5) is 5.69 Å². The van der Waals surface area contributed by atoms with Gasteiger partial charge in [-0.1, -0.05) is 22.0 Å². The van der Waals surface area contributed by atoms with Crippen LogP contribution >= 0.6 is 27.3 Å². The lowest BCUT2D eigenvalue weighted by atomic mass is 10.1. The van der Waals surface area contributed by atoms with Crippen molar-refractivity contribution in [2.24, 2.45) is 0 Å². The van der Waals surface area contributed by atoms with E-state index in [0.717, 1.165) is 29.5 Å². The molecule has 1 aromatic carbocycles. The second kappa shape index (κ2) is 5.85. The first-order valence-corrected chi connectivity index (χ1v) is 9.36. The average Bonchev–Trinajstić information content (AvgIpc) is 3.25. The third-order valence-electron chi connectivity index (χ3n) is 4.66. The number of hydrogen-bond donors (Lipinski definition) is 1. The first-order valence-electron chi connectivity index (χ1n) is 7.69. The van der Waals surface area contributed by atoms with Crippen molar-refractivity contribution in [2.45, 2.75) is 18.9 Å². The molecule has 0 bridgehead atoms. The molecule has 4 nitrogen and oxygen atoms in total. The first-order chi connectivity index (χ1) is 11.1. The Morgan fingerprint density at radius 2 is 2.17 bits per heavy atom. The summed E-state index contributed by atoms with van der Waals surface area (Å²) in [4.78, 5) is 29.0. The van der Waals surface area contributed by atoms with Crippen LogP contribution in [0.2, 0.25) is 0 Å². The first kappa shape index (κ1) is 15.1. The lowest BCUT2D eigenvalue weighted by Crippen LogP contribution is -3.12. The molecule has 2 aliphatic heterocycles. The topological polar surface area (TPSA) is 41.8 Å². The van der Waals surface area contributed by atoms with Crippen LogP contribution in [0.3, 0.4) is 0 Å². The summed E-state index contributed by atoms with van der Waals surface area (Å²) in [6, 6.07) is 10.2. The van der Waals surface area contributed by atoms with Gasteiger partial charge in [0.15, 0.2) is 6.67 Å². The number of quaternary nitrogens is 1. The smallest absolute Gasteiger partial charge is 0.303 e. The molecule has 1 amide bonds. The van der Waals surface area contributed by atoms with E-state index >= 15 is 0 Å². The number of carbonyl (C=O) groups excluding carboxylic acids is 2. The van der Waals surface area contributed by atoms with E-state index in [1.54, 1.807) is 22.3 Å². The van der Waals surface area contributed by atoms with Gasteiger partial charge in [-0.2, -0.15) is 0 Å². The quantitative estimate of drug-likeness (QED) is 0.816. The molecule has 1 fully saturated rings. The maximum Gasteiger partial charge on any atom is 0.303 e. The molecular weight excluding hydrogens is 376 g/mol. The van der Waals surface area contributed by atoms with Crippen molar-refractivity contribution in [1.29, 1.82) is 0 Å². The minimum absolute atomic E-state index is 0.396. The van der Waals surface area contributed by atoms with Gasteiger partial charge >= 0.3 is 5.91 Å². The SMILES string of the molecule is O=C1C(=O)N(C[NH+]2CCC[C@H]2c2cccs2)c2ccc(Br)cc21. The third-order valence-corrected chi connectivity index (χ3v) is 6.14. The van der Waals surface area contributed by atoms with Crippen molar-refractivity contribution in [3.63, 3.8) is 0 Å². The minimum Gasteiger partial charge on any atom is -0.311 e. The van der Waals surface area contributed by atoms with Crippen LogP contribution in [0.5, 0.6) is 0 Å². The number of thiophene rings is 1. The summed E-state index contributed by atoms with van der Waals surface area (Å²) in [6.45, 7) is 1.59. The van der Waals surface area contributed by atoms with Crippen LogP contribution in [0.15, 0.2) is 40.2 Å². The highest BCUT2D eigenvalue weighted by Gasteiger charge is 2.40. The Kier molecular flexibility index (Phi) is 3.83. The molecule has 1 aromatic heterocycles. The second-order valence-corrected chi connectivity index (χ2v) is 7.90. The van der Waals surface area contributed by atoms with Crippen molar-refractivity contribution in [3.05, 3.63) is 50.6 Å². The number of Topliss-reactive ketones (excluding diaryl/α,β-unsaturated/α-hetero) is 1. The van der Waals surface area contributed by atoms with E-state index in [1.165, 1.54) is 9.78 Å². The fraction of sp³-hybridized carbons (Fsp3) is 0.294. The van der Waals surface area contributed by atoms with Crippen molar-refractivity contribution in [2.75, 3.05) is 18.1 Å². The highest BCUT2D eigenvalue weighted by Crippen LogP contribution is 2.31. The van der Waals surface area contributed by atoms with Gasteiger partial charge in [0.05, 0.1) is 22.7 Å². The molecule has 4 rings (SSSR count). The molecule has 2 aliphatic rings. The van der Waals surface area contributed by atoms with Crippen LogP contribution < -0.4 is 9.80 Å². The van der Waals surface area contributed by atoms with E-state index in [1.807, 2.05) is 12.1 Å². The summed E-state index contributed by atoms with van der Waals surface area (Å²) in [6.07, 6.45) is 2.29. The predicted octanol–water partition coefficient (Wildman–Crippen LogP) is 2.42. The molecule has 2 aromatic rings. The fourth-order valence-electron chi connectivity index (χ4n) is 3.57. The number of carbonyl (C=O) groups is 2. The van der Waals surface area contributed by atoms with Crippen LogP contribution in [-0.4, -0.2) is 24.9 Å². The maximum absolute atomic E-state index is 12.4. The Morgan fingerprint density at radius 3 is 2.96 bits per heavy atom. The van der Waals surface area contributed by atoms with Gasteiger partial charge in [-0.25, -0.2) is 0 Å². The van der Waals surface area contributed by atoms with Crippen molar-refractivity contribution in [3.8, 4) is 0 Å². The summed E-state index contributed by atoms with van der Waals surface area (Å²) in [5.41, 5.74) is 1.25. The molecule has 2 atom stereocenters. The number of hydrogen-bond acceptors (Lipinski definition) is 3. The molecule has 0 radical (unpaired) electrons. The Labute approximate surface area is 146 Å². The molecule has 1 unspecified atom stereocenters. The number of rotatable bonds is 3. The molecule has 118 valence electrons. The number of nitrogens with zero attached hydrogens (tertiary/aromatic N) is 1. The molecule has 1 saturated heterocycles.